The Morgan fingerprint density at radius 2 is 1.70 bits per heavy atom. The van der Waals surface area contributed by atoms with Gasteiger partial charge in [-0.15, -0.1) is 0 Å². The van der Waals surface area contributed by atoms with E-state index in [2.05, 4.69) is 33.3 Å². The summed E-state index contributed by atoms with van der Waals surface area (Å²) in [7, 11) is 0. The van der Waals surface area contributed by atoms with Gasteiger partial charge in [0.25, 0.3) is 0 Å². The molecular formula is C24H28N4O2. The number of amides is 1. The van der Waals surface area contributed by atoms with E-state index in [1.165, 1.54) is 0 Å². The van der Waals surface area contributed by atoms with Crippen LogP contribution in [-0.4, -0.2) is 53.6 Å². The minimum absolute atomic E-state index is 0.0494. The van der Waals surface area contributed by atoms with Gasteiger partial charge in [0.1, 0.15) is 0 Å². The van der Waals surface area contributed by atoms with Crippen molar-refractivity contribution in [3.8, 4) is 11.3 Å². The molecule has 0 radical (unpaired) electrons. The average Bonchev–Trinajstić information content (AvgIpc) is 3.24. The number of para-hydroxylation sites is 1. The van der Waals surface area contributed by atoms with E-state index < -0.39 is 0 Å². The van der Waals surface area contributed by atoms with Crippen LogP contribution in [0.15, 0.2) is 65.2 Å². The van der Waals surface area contributed by atoms with Crippen LogP contribution >= 0.6 is 0 Å². The number of hydrogen-bond acceptors (Lipinski definition) is 5. The highest BCUT2D eigenvalue weighted by Gasteiger charge is 2.20. The molecule has 0 atom stereocenters. The van der Waals surface area contributed by atoms with E-state index in [0.29, 0.717) is 6.54 Å². The topological polar surface area (TPSA) is 61.6 Å². The number of piperazine rings is 1. The summed E-state index contributed by atoms with van der Waals surface area (Å²) >= 11 is 0. The highest BCUT2D eigenvalue weighted by molar-refractivity contribution is 5.93. The van der Waals surface area contributed by atoms with E-state index in [4.69, 9.17) is 4.52 Å². The third-order valence-corrected chi connectivity index (χ3v) is 5.51. The van der Waals surface area contributed by atoms with E-state index in [0.717, 1.165) is 67.4 Å². The zero-order chi connectivity index (χ0) is 20.8. The summed E-state index contributed by atoms with van der Waals surface area (Å²) < 4.78 is 5.50. The van der Waals surface area contributed by atoms with E-state index >= 15 is 0 Å². The van der Waals surface area contributed by atoms with Crippen molar-refractivity contribution in [3.05, 3.63) is 71.9 Å². The lowest BCUT2D eigenvalue weighted by Gasteiger charge is -2.33. The maximum absolute atomic E-state index is 12.5. The van der Waals surface area contributed by atoms with E-state index in [9.17, 15) is 4.79 Å². The van der Waals surface area contributed by atoms with Crippen LogP contribution in [0.1, 0.15) is 18.2 Å². The zero-order valence-corrected chi connectivity index (χ0v) is 17.4. The Balaban J connectivity index is 1.24. The maximum Gasteiger partial charge on any atom is 0.238 e. The number of aryl methyl sites for hydroxylation is 1. The lowest BCUT2D eigenvalue weighted by molar-refractivity contribution is -0.117. The zero-order valence-electron chi connectivity index (χ0n) is 17.4. The molecule has 0 unspecified atom stereocenters. The van der Waals surface area contributed by atoms with Gasteiger partial charge in [-0.1, -0.05) is 60.6 Å². The Kier molecular flexibility index (Phi) is 6.57. The summed E-state index contributed by atoms with van der Waals surface area (Å²) in [5, 5.41) is 7.28. The summed E-state index contributed by atoms with van der Waals surface area (Å²) in [5.41, 5.74) is 4.06. The number of rotatable bonds is 7. The molecule has 1 N–H and O–H groups in total. The molecule has 0 bridgehead atoms. The largest absolute Gasteiger partial charge is 0.356 e. The first kappa shape index (κ1) is 20.3. The fourth-order valence-electron chi connectivity index (χ4n) is 3.80. The van der Waals surface area contributed by atoms with Crippen molar-refractivity contribution in [1.29, 1.82) is 0 Å². The second-order valence-electron chi connectivity index (χ2n) is 7.66. The molecular weight excluding hydrogens is 376 g/mol. The molecule has 6 heteroatoms. The number of nitrogens with zero attached hydrogens (tertiary/aromatic N) is 3. The predicted octanol–water partition coefficient (Wildman–Crippen LogP) is 3.66. The first-order valence-electron chi connectivity index (χ1n) is 10.5. The normalized spacial score (nSPS) is 15.2. The Morgan fingerprint density at radius 3 is 2.47 bits per heavy atom. The molecule has 1 aromatic heterocycles. The minimum atomic E-state index is 0.0494. The molecule has 1 fully saturated rings. The highest BCUT2D eigenvalue weighted by Crippen LogP contribution is 2.21. The van der Waals surface area contributed by atoms with E-state index in [1.54, 1.807) is 0 Å². The molecule has 1 aliphatic rings. The molecule has 1 aliphatic heterocycles. The van der Waals surface area contributed by atoms with Crippen LogP contribution < -0.4 is 5.32 Å². The molecule has 4 rings (SSSR count). The van der Waals surface area contributed by atoms with Crippen LogP contribution in [-0.2, 0) is 17.8 Å². The average molecular weight is 405 g/mol. The molecule has 2 heterocycles. The first-order chi connectivity index (χ1) is 14.7. The van der Waals surface area contributed by atoms with Crippen LogP contribution in [0.5, 0.6) is 0 Å². The van der Waals surface area contributed by atoms with Crippen molar-refractivity contribution in [2.24, 2.45) is 0 Å². The monoisotopic (exact) mass is 404 g/mol. The van der Waals surface area contributed by atoms with Crippen molar-refractivity contribution in [3.63, 3.8) is 0 Å². The summed E-state index contributed by atoms with van der Waals surface area (Å²) in [4.78, 5) is 17.0. The van der Waals surface area contributed by atoms with Crippen molar-refractivity contribution >= 4 is 11.6 Å². The molecule has 6 nitrogen and oxygen atoms in total. The fourth-order valence-corrected chi connectivity index (χ4v) is 3.80. The van der Waals surface area contributed by atoms with Crippen LogP contribution in [0.25, 0.3) is 11.3 Å². The smallest absolute Gasteiger partial charge is 0.238 e. The molecule has 0 aliphatic carbocycles. The van der Waals surface area contributed by atoms with E-state index in [-0.39, 0.29) is 5.91 Å². The SMILES string of the molecule is CCc1ccccc1NC(=O)CN1CCN(Cc2cc(-c3ccccc3)on2)CC1. The van der Waals surface area contributed by atoms with Crippen molar-refractivity contribution in [2.45, 2.75) is 19.9 Å². The molecule has 30 heavy (non-hydrogen) atoms. The van der Waals surface area contributed by atoms with Gasteiger partial charge in [0.05, 0.1) is 12.2 Å². The number of anilines is 1. The minimum Gasteiger partial charge on any atom is -0.356 e. The highest BCUT2D eigenvalue weighted by atomic mass is 16.5. The Hall–Kier alpha value is -2.96. The third kappa shape index (κ3) is 5.14. The summed E-state index contributed by atoms with van der Waals surface area (Å²) in [6, 6.07) is 20.0. The Bertz CT molecular complexity index is 962. The van der Waals surface area contributed by atoms with Gasteiger partial charge >= 0.3 is 0 Å². The fraction of sp³-hybridized carbons (Fsp3) is 0.333. The lowest BCUT2D eigenvalue weighted by atomic mass is 10.1. The van der Waals surface area contributed by atoms with Crippen LogP contribution in [0.2, 0.25) is 0 Å². The molecule has 0 spiro atoms. The standard InChI is InChI=1S/C24H28N4O2/c1-2-19-8-6-7-11-22(19)25-24(29)18-28-14-12-27(13-15-28)17-21-16-23(30-26-21)20-9-4-3-5-10-20/h3-11,16H,2,12-15,17-18H2,1H3,(H,25,29). The molecule has 1 saturated heterocycles. The van der Waals surface area contributed by atoms with Gasteiger partial charge in [0.2, 0.25) is 5.91 Å². The molecule has 2 aromatic carbocycles. The van der Waals surface area contributed by atoms with Gasteiger partial charge in [-0.3, -0.25) is 14.6 Å². The van der Waals surface area contributed by atoms with Crippen LogP contribution in [0.3, 0.4) is 0 Å². The van der Waals surface area contributed by atoms with Crippen molar-refractivity contribution in [2.75, 3.05) is 38.0 Å². The quantitative estimate of drug-likeness (QED) is 0.651. The number of hydrogen-bond donors (Lipinski definition) is 1. The second kappa shape index (κ2) is 9.69. The third-order valence-electron chi connectivity index (χ3n) is 5.51. The van der Waals surface area contributed by atoms with Crippen molar-refractivity contribution < 1.29 is 9.32 Å². The molecule has 0 saturated carbocycles. The van der Waals surface area contributed by atoms with Gasteiger partial charge in [-0.2, -0.15) is 0 Å². The Morgan fingerprint density at radius 1 is 1.00 bits per heavy atom. The number of carbonyl (C=O) groups is 1. The maximum atomic E-state index is 12.5. The Labute approximate surface area is 177 Å². The van der Waals surface area contributed by atoms with Gasteiger partial charge in [0.15, 0.2) is 5.76 Å². The van der Waals surface area contributed by atoms with Crippen LogP contribution in [0, 0.1) is 0 Å². The summed E-state index contributed by atoms with van der Waals surface area (Å²) in [6.07, 6.45) is 0.906. The predicted molar refractivity (Wildman–Crippen MR) is 118 cm³/mol. The molecule has 3 aromatic rings. The molecule has 156 valence electrons. The number of carbonyl (C=O) groups excluding carboxylic acids is 1. The molecule has 1 amide bonds. The number of benzene rings is 2. The van der Waals surface area contributed by atoms with Crippen molar-refractivity contribution in [1.82, 2.24) is 15.0 Å². The van der Waals surface area contributed by atoms with Gasteiger partial charge in [-0.25, -0.2) is 0 Å². The first-order valence-corrected chi connectivity index (χ1v) is 10.5. The second-order valence-corrected chi connectivity index (χ2v) is 7.66. The van der Waals surface area contributed by atoms with E-state index in [1.807, 2.05) is 54.6 Å². The lowest BCUT2D eigenvalue weighted by Crippen LogP contribution is -2.48. The van der Waals surface area contributed by atoms with Crippen LogP contribution in [0.4, 0.5) is 5.69 Å². The van der Waals surface area contributed by atoms with Gasteiger partial charge < -0.3 is 9.84 Å². The van der Waals surface area contributed by atoms with Gasteiger partial charge in [0, 0.05) is 50.0 Å². The number of nitrogens with one attached hydrogen (secondary N) is 1. The summed E-state index contributed by atoms with van der Waals surface area (Å²) in [6.45, 7) is 6.84. The number of aromatic nitrogens is 1. The van der Waals surface area contributed by atoms with Gasteiger partial charge in [-0.05, 0) is 18.1 Å². The summed E-state index contributed by atoms with van der Waals surface area (Å²) in [5.74, 6) is 0.849.